The Morgan fingerprint density at radius 2 is 2.11 bits per heavy atom. The number of rotatable bonds is 9. The molecule has 0 radical (unpaired) electrons. The van der Waals surface area contributed by atoms with Gasteiger partial charge in [-0.15, -0.1) is 0 Å². The van der Waals surface area contributed by atoms with Crippen molar-refractivity contribution in [2.45, 2.75) is 51.4 Å². The molecule has 0 spiro atoms. The van der Waals surface area contributed by atoms with Crippen molar-refractivity contribution in [3.8, 4) is 5.75 Å². The lowest BCUT2D eigenvalue weighted by atomic mass is 9.99. The van der Waals surface area contributed by atoms with Crippen LogP contribution in [0.15, 0.2) is 41.3 Å². The van der Waals surface area contributed by atoms with Crippen LogP contribution in [0.25, 0.3) is 10.9 Å². The lowest BCUT2D eigenvalue weighted by Gasteiger charge is -2.27. The first-order valence-corrected chi connectivity index (χ1v) is 12.4. The fraction of sp³-hybridized carbons (Fsp3) is 0.407. The first-order chi connectivity index (χ1) is 17.3. The quantitative estimate of drug-likeness (QED) is 0.398. The van der Waals surface area contributed by atoms with Crippen molar-refractivity contribution in [3.63, 3.8) is 0 Å². The SMILES string of the molecule is CCC(COC1CCCCO1)n1cc(C(=O)O)c(=O)c2cc(Cc3cccc(Cl)c3F)c(OC)cc21. The zero-order chi connectivity index (χ0) is 25.8. The van der Waals surface area contributed by atoms with Crippen molar-refractivity contribution in [1.29, 1.82) is 0 Å². The van der Waals surface area contributed by atoms with Crippen LogP contribution in [0.1, 0.15) is 60.1 Å². The van der Waals surface area contributed by atoms with Crippen molar-refractivity contribution in [3.05, 3.63) is 74.3 Å². The maximum absolute atomic E-state index is 14.6. The van der Waals surface area contributed by atoms with Gasteiger partial charge in [0.25, 0.3) is 0 Å². The maximum Gasteiger partial charge on any atom is 0.341 e. The number of aromatic nitrogens is 1. The second-order valence-corrected chi connectivity index (χ2v) is 9.25. The third-order valence-electron chi connectivity index (χ3n) is 6.55. The fourth-order valence-electron chi connectivity index (χ4n) is 4.55. The molecule has 4 rings (SSSR count). The molecule has 0 amide bonds. The number of halogens is 2. The highest BCUT2D eigenvalue weighted by Gasteiger charge is 2.23. The van der Waals surface area contributed by atoms with Crippen LogP contribution in [-0.2, 0) is 15.9 Å². The van der Waals surface area contributed by atoms with Crippen molar-refractivity contribution < 1.29 is 28.5 Å². The Labute approximate surface area is 213 Å². The molecule has 1 aliphatic heterocycles. The number of fused-ring (bicyclic) bond motifs is 1. The van der Waals surface area contributed by atoms with Gasteiger partial charge in [-0.3, -0.25) is 4.79 Å². The molecule has 0 aliphatic carbocycles. The number of ether oxygens (including phenoxy) is 3. The minimum absolute atomic E-state index is 0.00416. The lowest BCUT2D eigenvalue weighted by Crippen LogP contribution is -2.27. The second kappa shape index (κ2) is 11.4. The van der Waals surface area contributed by atoms with Gasteiger partial charge in [0.1, 0.15) is 17.1 Å². The van der Waals surface area contributed by atoms with Gasteiger partial charge in [-0.25, -0.2) is 9.18 Å². The first-order valence-electron chi connectivity index (χ1n) is 12.0. The third kappa shape index (κ3) is 5.40. The summed E-state index contributed by atoms with van der Waals surface area (Å²) in [6, 6.07) is 7.73. The lowest BCUT2D eigenvalue weighted by molar-refractivity contribution is -0.167. The monoisotopic (exact) mass is 517 g/mol. The summed E-state index contributed by atoms with van der Waals surface area (Å²) in [7, 11) is 1.49. The molecule has 2 heterocycles. The molecule has 1 N–H and O–H groups in total. The van der Waals surface area contributed by atoms with Gasteiger partial charge in [-0.05, 0) is 48.9 Å². The van der Waals surface area contributed by atoms with Gasteiger partial charge in [0, 0.05) is 30.7 Å². The van der Waals surface area contributed by atoms with Crippen LogP contribution < -0.4 is 10.2 Å². The highest BCUT2D eigenvalue weighted by Crippen LogP contribution is 2.31. The Morgan fingerprint density at radius 3 is 2.78 bits per heavy atom. The van der Waals surface area contributed by atoms with E-state index in [0.29, 0.717) is 35.4 Å². The average molecular weight is 518 g/mol. The fourth-order valence-corrected chi connectivity index (χ4v) is 4.74. The molecule has 7 nitrogen and oxygen atoms in total. The number of methoxy groups -OCH3 is 1. The van der Waals surface area contributed by atoms with Crippen LogP contribution >= 0.6 is 11.6 Å². The summed E-state index contributed by atoms with van der Waals surface area (Å²) in [5, 5.41) is 9.96. The normalized spacial score (nSPS) is 16.7. The highest BCUT2D eigenvalue weighted by molar-refractivity contribution is 6.30. The first kappa shape index (κ1) is 26.1. The third-order valence-corrected chi connectivity index (χ3v) is 6.85. The molecule has 0 bridgehead atoms. The van der Waals surface area contributed by atoms with Gasteiger partial charge >= 0.3 is 5.97 Å². The number of carboxylic acid groups (broad SMARTS) is 1. The minimum Gasteiger partial charge on any atom is -0.496 e. The number of pyridine rings is 1. The molecule has 1 aromatic heterocycles. The van der Waals surface area contributed by atoms with Gasteiger partial charge in [0.15, 0.2) is 6.29 Å². The zero-order valence-corrected chi connectivity index (χ0v) is 21.0. The molecule has 1 aliphatic rings. The summed E-state index contributed by atoms with van der Waals surface area (Å²) in [5.74, 6) is -1.42. The summed E-state index contributed by atoms with van der Waals surface area (Å²) >= 11 is 5.94. The van der Waals surface area contributed by atoms with E-state index in [-0.39, 0.29) is 41.3 Å². The molecule has 1 fully saturated rings. The van der Waals surface area contributed by atoms with Crippen LogP contribution in [0.4, 0.5) is 4.39 Å². The zero-order valence-electron chi connectivity index (χ0n) is 20.3. The molecule has 3 aromatic rings. The number of carboxylic acids is 1. The standard InChI is InChI=1S/C27H29ClFNO6/c1-3-18(15-36-24-9-4-5-10-35-24)30-14-20(27(32)33)26(31)19-12-17(23(34-2)13-22(19)30)11-16-7-6-8-21(28)25(16)29/h6-8,12-14,18,24H,3-5,9-11,15H2,1-2H3,(H,32,33). The van der Waals surface area contributed by atoms with E-state index in [4.69, 9.17) is 25.8 Å². The van der Waals surface area contributed by atoms with E-state index in [1.165, 1.54) is 19.4 Å². The molecule has 1 saturated heterocycles. The smallest absolute Gasteiger partial charge is 0.341 e. The average Bonchev–Trinajstić information content (AvgIpc) is 2.88. The van der Waals surface area contributed by atoms with E-state index in [2.05, 4.69) is 0 Å². The van der Waals surface area contributed by atoms with Crippen LogP contribution in [-0.4, -0.2) is 42.3 Å². The van der Waals surface area contributed by atoms with Crippen molar-refractivity contribution in [1.82, 2.24) is 4.57 Å². The van der Waals surface area contributed by atoms with E-state index >= 15 is 0 Å². The second-order valence-electron chi connectivity index (χ2n) is 8.85. The topological polar surface area (TPSA) is 87.0 Å². The van der Waals surface area contributed by atoms with Gasteiger partial charge in [0.05, 0.1) is 30.3 Å². The molecule has 192 valence electrons. The highest BCUT2D eigenvalue weighted by atomic mass is 35.5. The van der Waals surface area contributed by atoms with Crippen molar-refractivity contribution in [2.24, 2.45) is 0 Å². The summed E-state index contributed by atoms with van der Waals surface area (Å²) in [6.45, 7) is 2.91. The summed E-state index contributed by atoms with van der Waals surface area (Å²) in [5.41, 5.74) is 0.423. The number of benzene rings is 2. The molecular weight excluding hydrogens is 489 g/mol. The minimum atomic E-state index is -1.32. The number of nitrogens with zero attached hydrogens (tertiary/aromatic N) is 1. The largest absolute Gasteiger partial charge is 0.496 e. The van der Waals surface area contributed by atoms with E-state index in [1.54, 1.807) is 28.8 Å². The van der Waals surface area contributed by atoms with Gasteiger partial charge in [-0.1, -0.05) is 30.7 Å². The molecule has 0 saturated carbocycles. The molecule has 36 heavy (non-hydrogen) atoms. The van der Waals surface area contributed by atoms with Crippen LogP contribution in [0, 0.1) is 5.82 Å². The molecule has 2 atom stereocenters. The van der Waals surface area contributed by atoms with Crippen molar-refractivity contribution >= 4 is 28.5 Å². The Morgan fingerprint density at radius 1 is 1.31 bits per heavy atom. The van der Waals surface area contributed by atoms with Crippen molar-refractivity contribution in [2.75, 3.05) is 20.3 Å². The van der Waals surface area contributed by atoms with E-state index in [0.717, 1.165) is 19.3 Å². The molecule has 2 unspecified atom stereocenters. The van der Waals surface area contributed by atoms with E-state index in [1.807, 2.05) is 6.92 Å². The van der Waals surface area contributed by atoms with E-state index < -0.39 is 17.2 Å². The van der Waals surface area contributed by atoms with Gasteiger partial charge in [-0.2, -0.15) is 0 Å². The molecular formula is C27H29ClFNO6. The Hall–Kier alpha value is -2.94. The summed E-state index contributed by atoms with van der Waals surface area (Å²) in [4.78, 5) is 25.1. The van der Waals surface area contributed by atoms with Gasteiger partial charge in [0.2, 0.25) is 5.43 Å². The maximum atomic E-state index is 14.6. The Bertz CT molecular complexity index is 1320. The van der Waals surface area contributed by atoms with Gasteiger partial charge < -0.3 is 23.9 Å². The van der Waals surface area contributed by atoms with Crippen LogP contribution in [0.5, 0.6) is 5.75 Å². The molecule has 9 heteroatoms. The predicted molar refractivity (Wildman–Crippen MR) is 135 cm³/mol. The summed E-state index contributed by atoms with van der Waals surface area (Å²) in [6.07, 6.45) is 4.64. The Balaban J connectivity index is 1.81. The Kier molecular flexibility index (Phi) is 8.28. The summed E-state index contributed by atoms with van der Waals surface area (Å²) < 4.78 is 33.6. The number of hydrogen-bond acceptors (Lipinski definition) is 5. The predicted octanol–water partition coefficient (Wildman–Crippen LogP) is 5.59. The molecule has 2 aromatic carbocycles. The van der Waals surface area contributed by atoms with Crippen LogP contribution in [0.2, 0.25) is 5.02 Å². The van der Waals surface area contributed by atoms with Crippen LogP contribution in [0.3, 0.4) is 0 Å². The number of hydrogen-bond donors (Lipinski definition) is 1. The van der Waals surface area contributed by atoms with E-state index in [9.17, 15) is 19.1 Å². The number of aromatic carboxylic acids is 1. The number of carbonyl (C=O) groups is 1.